The Kier molecular flexibility index (Phi) is 8.29. The molecule has 2 heterocycles. The van der Waals surface area contributed by atoms with Crippen LogP contribution >= 0.6 is 0 Å². The number of hydrogen-bond acceptors (Lipinski definition) is 3. The van der Waals surface area contributed by atoms with Crippen LogP contribution in [0.3, 0.4) is 0 Å². The Morgan fingerprint density at radius 1 is 0.809 bits per heavy atom. The van der Waals surface area contributed by atoms with Crippen LogP contribution in [-0.4, -0.2) is 28.2 Å². The first-order valence-corrected chi connectivity index (χ1v) is 16.2. The van der Waals surface area contributed by atoms with Crippen LogP contribution in [0.4, 0.5) is 0 Å². The zero-order valence-corrected chi connectivity index (χ0v) is 27.4. The quantitative estimate of drug-likeness (QED) is 0.182. The number of allylic oxidation sites excluding steroid dienone is 5. The summed E-state index contributed by atoms with van der Waals surface area (Å²) < 4.78 is 2.43. The molecule has 0 radical (unpaired) electrons. The van der Waals surface area contributed by atoms with Gasteiger partial charge >= 0.3 is 0 Å². The van der Waals surface area contributed by atoms with E-state index in [9.17, 15) is 0 Å². The Balaban J connectivity index is 1.28. The highest BCUT2D eigenvalue weighted by molar-refractivity contribution is 6.13. The van der Waals surface area contributed by atoms with E-state index in [-0.39, 0.29) is 6.17 Å². The predicted octanol–water partition coefficient (Wildman–Crippen LogP) is 9.80. The van der Waals surface area contributed by atoms with Gasteiger partial charge in [-0.15, -0.1) is 0 Å². The Morgan fingerprint density at radius 2 is 1.53 bits per heavy atom. The predicted molar refractivity (Wildman–Crippen MR) is 198 cm³/mol. The maximum atomic E-state index is 5.17. The molecule has 47 heavy (non-hydrogen) atoms. The largest absolute Gasteiger partial charge is 0.333 e. The van der Waals surface area contributed by atoms with E-state index < -0.39 is 0 Å². The maximum absolute atomic E-state index is 5.17. The van der Waals surface area contributed by atoms with E-state index in [2.05, 4.69) is 152 Å². The van der Waals surface area contributed by atoms with Crippen LogP contribution in [0.1, 0.15) is 66.9 Å². The SMILES string of the molecule is CC(C)=CC#C/C=C(\C)c1ccc2c(c1)c1c(n2-c2ccc(C3=NC(c4ccccc4)N(C)C(c4ccccc4)=N3)cc2)CCC=C1. The van der Waals surface area contributed by atoms with Crippen LogP contribution in [-0.2, 0) is 6.42 Å². The first-order chi connectivity index (χ1) is 23.0. The first kappa shape index (κ1) is 30.0. The molecule has 0 spiro atoms. The fraction of sp³-hybridized carbons (Fsp3) is 0.163. The second-order valence-electron chi connectivity index (χ2n) is 12.4. The number of aliphatic imine (C=N–C) groups is 2. The average Bonchev–Trinajstić information content (AvgIpc) is 3.44. The minimum absolute atomic E-state index is 0.171. The molecule has 0 bridgehead atoms. The van der Waals surface area contributed by atoms with Crippen molar-refractivity contribution in [1.82, 2.24) is 9.47 Å². The summed E-state index contributed by atoms with van der Waals surface area (Å²) in [6.07, 6.45) is 10.4. The highest BCUT2D eigenvalue weighted by atomic mass is 15.3. The van der Waals surface area contributed by atoms with Crippen molar-refractivity contribution in [3.8, 4) is 17.5 Å². The summed E-state index contributed by atoms with van der Waals surface area (Å²) in [6, 6.07) is 36.4. The van der Waals surface area contributed by atoms with Crippen molar-refractivity contribution in [2.24, 2.45) is 9.98 Å². The van der Waals surface area contributed by atoms with Crippen molar-refractivity contribution in [1.29, 1.82) is 0 Å². The van der Waals surface area contributed by atoms with Gasteiger partial charge in [0, 0.05) is 40.5 Å². The maximum Gasteiger partial charge on any atom is 0.159 e. The van der Waals surface area contributed by atoms with Gasteiger partial charge in [-0.25, -0.2) is 9.98 Å². The molecule has 1 aromatic heterocycles. The minimum Gasteiger partial charge on any atom is -0.333 e. The molecule has 0 N–H and O–H groups in total. The monoisotopic (exact) mass is 610 g/mol. The van der Waals surface area contributed by atoms with Crippen LogP contribution in [0.5, 0.6) is 0 Å². The number of hydrogen-bond donors (Lipinski definition) is 0. The van der Waals surface area contributed by atoms with Crippen molar-refractivity contribution in [2.75, 3.05) is 7.05 Å². The van der Waals surface area contributed by atoms with E-state index in [4.69, 9.17) is 9.98 Å². The van der Waals surface area contributed by atoms with Crippen molar-refractivity contribution in [3.63, 3.8) is 0 Å². The highest BCUT2D eigenvalue weighted by Crippen LogP contribution is 2.36. The van der Waals surface area contributed by atoms with Gasteiger partial charge < -0.3 is 9.47 Å². The molecule has 4 heteroatoms. The van der Waals surface area contributed by atoms with E-state index >= 15 is 0 Å². The molecule has 1 aliphatic carbocycles. The normalized spacial score (nSPS) is 15.8. The number of nitrogens with zero attached hydrogens (tertiary/aromatic N) is 4. The standard InChI is InChI=1S/C43H38N4/c1-30(2)15-11-12-16-31(3)35-25-28-40-38(29-35)37-21-13-14-22-39(37)47(40)36-26-23-32(24-27-36)41-44-42(33-17-7-5-8-18-33)46(4)43(45-41)34-19-9-6-10-20-34/h5-10,13,15-21,23-29,42H,14,22H2,1-4H3/b31-16+. The van der Waals surface area contributed by atoms with E-state index in [1.165, 1.54) is 33.3 Å². The third kappa shape index (κ3) is 6.01. The Labute approximate surface area is 277 Å². The molecule has 0 amide bonds. The zero-order chi connectivity index (χ0) is 32.3. The number of aromatic nitrogens is 1. The van der Waals surface area contributed by atoms with E-state index in [0.717, 1.165) is 52.5 Å². The number of benzene rings is 4. The summed E-state index contributed by atoms with van der Waals surface area (Å²) >= 11 is 0. The minimum atomic E-state index is -0.171. The summed E-state index contributed by atoms with van der Waals surface area (Å²) in [4.78, 5) is 12.4. The summed E-state index contributed by atoms with van der Waals surface area (Å²) in [7, 11) is 2.07. The lowest BCUT2D eigenvalue weighted by Gasteiger charge is -2.32. The van der Waals surface area contributed by atoms with Gasteiger partial charge in [0.2, 0.25) is 0 Å². The number of amidine groups is 2. The molecule has 0 saturated carbocycles. The third-order valence-corrected chi connectivity index (χ3v) is 8.80. The van der Waals surface area contributed by atoms with E-state index in [1.807, 2.05) is 24.3 Å². The van der Waals surface area contributed by atoms with Gasteiger partial charge in [-0.3, -0.25) is 0 Å². The molecule has 4 aromatic carbocycles. The molecule has 7 rings (SSSR count). The second kappa shape index (κ2) is 13.0. The first-order valence-electron chi connectivity index (χ1n) is 16.2. The fourth-order valence-electron chi connectivity index (χ4n) is 6.38. The lowest BCUT2D eigenvalue weighted by atomic mass is 9.99. The van der Waals surface area contributed by atoms with Crippen molar-refractivity contribution >= 4 is 34.2 Å². The van der Waals surface area contributed by atoms with Gasteiger partial charge in [0.05, 0.1) is 5.52 Å². The van der Waals surface area contributed by atoms with Crippen LogP contribution in [0.25, 0.3) is 28.2 Å². The van der Waals surface area contributed by atoms with Crippen molar-refractivity contribution < 1.29 is 0 Å². The van der Waals surface area contributed by atoms with E-state index in [0.29, 0.717) is 0 Å². The van der Waals surface area contributed by atoms with Crippen molar-refractivity contribution in [2.45, 2.75) is 39.8 Å². The highest BCUT2D eigenvalue weighted by Gasteiger charge is 2.27. The molecular weight excluding hydrogens is 573 g/mol. The Bertz CT molecular complexity index is 2160. The van der Waals surface area contributed by atoms with Crippen LogP contribution in [0.15, 0.2) is 137 Å². The lowest BCUT2D eigenvalue weighted by molar-refractivity contribution is 0.383. The smallest absolute Gasteiger partial charge is 0.159 e. The molecule has 1 aliphatic heterocycles. The Hall–Kier alpha value is -5.66. The molecule has 230 valence electrons. The van der Waals surface area contributed by atoms with Gasteiger partial charge in [-0.1, -0.05) is 96.3 Å². The topological polar surface area (TPSA) is 32.9 Å². The molecular formula is C43H38N4. The molecule has 4 nitrogen and oxygen atoms in total. The van der Waals surface area contributed by atoms with Crippen LogP contribution < -0.4 is 0 Å². The summed E-state index contributed by atoms with van der Waals surface area (Å²) in [5.41, 5.74) is 11.8. The third-order valence-electron chi connectivity index (χ3n) is 8.80. The molecule has 0 saturated heterocycles. The molecule has 1 atom stereocenters. The lowest BCUT2D eigenvalue weighted by Crippen LogP contribution is -2.35. The van der Waals surface area contributed by atoms with Crippen LogP contribution in [0.2, 0.25) is 0 Å². The summed E-state index contributed by atoms with van der Waals surface area (Å²) in [6.45, 7) is 6.26. The Morgan fingerprint density at radius 3 is 2.28 bits per heavy atom. The van der Waals surface area contributed by atoms with Gasteiger partial charge in [0.25, 0.3) is 0 Å². The van der Waals surface area contributed by atoms with Gasteiger partial charge in [0.1, 0.15) is 12.0 Å². The molecule has 1 unspecified atom stereocenters. The second-order valence-corrected chi connectivity index (χ2v) is 12.4. The number of fused-ring (bicyclic) bond motifs is 3. The van der Waals surface area contributed by atoms with Gasteiger partial charge in [-0.2, -0.15) is 0 Å². The zero-order valence-electron chi connectivity index (χ0n) is 27.4. The molecule has 0 fully saturated rings. The summed E-state index contributed by atoms with van der Waals surface area (Å²) in [5, 5.41) is 1.27. The number of rotatable bonds is 5. The van der Waals surface area contributed by atoms with E-state index in [1.54, 1.807) is 0 Å². The average molecular weight is 611 g/mol. The molecule has 5 aromatic rings. The van der Waals surface area contributed by atoms with Crippen molar-refractivity contribution in [3.05, 3.63) is 160 Å². The van der Waals surface area contributed by atoms with Gasteiger partial charge in [0.15, 0.2) is 5.84 Å². The summed E-state index contributed by atoms with van der Waals surface area (Å²) in [5.74, 6) is 7.96. The van der Waals surface area contributed by atoms with Crippen LogP contribution in [0, 0.1) is 11.8 Å². The fourth-order valence-corrected chi connectivity index (χ4v) is 6.38. The molecule has 2 aliphatic rings. The van der Waals surface area contributed by atoms with Gasteiger partial charge in [-0.05, 0) is 98.9 Å².